The van der Waals surface area contributed by atoms with Crippen molar-refractivity contribution in [3.05, 3.63) is 80.9 Å². The molecule has 2 aliphatic heterocycles. The molecule has 4 heterocycles. The monoisotopic (exact) mass is 1080 g/mol. The van der Waals surface area contributed by atoms with Crippen LogP contribution in [0.15, 0.2) is 67.4 Å². The van der Waals surface area contributed by atoms with Gasteiger partial charge in [0.25, 0.3) is 0 Å². The Morgan fingerprint density at radius 1 is 0.513 bits per heavy atom. The number of esters is 2. The molecule has 8 saturated carbocycles. The van der Waals surface area contributed by atoms with Gasteiger partial charge in [-0.05, 0) is 185 Å². The lowest BCUT2D eigenvalue weighted by atomic mass is 9.43. The number of nitrogens with zero attached hydrogens (tertiary/aromatic N) is 2. The van der Waals surface area contributed by atoms with E-state index in [-0.39, 0.29) is 70.7 Å². The molecule has 2 amide bonds. The first-order chi connectivity index (χ1) is 37.5. The maximum absolute atomic E-state index is 14.8. The van der Waals surface area contributed by atoms with Gasteiger partial charge in [-0.1, -0.05) is 27.7 Å². The molecule has 16 heteroatoms. The van der Waals surface area contributed by atoms with Crippen molar-refractivity contribution in [3.63, 3.8) is 0 Å². The molecule has 2 aromatic heterocycles. The molecule has 0 bridgehead atoms. The summed E-state index contributed by atoms with van der Waals surface area (Å²) in [5, 5.41) is 6.63. The molecule has 424 valence electrons. The number of hydrogen-bond acceptors (Lipinski definition) is 14. The molecule has 78 heavy (non-hydrogen) atoms. The fourth-order valence-corrected chi connectivity index (χ4v) is 19.9. The molecule has 0 radical (unpaired) electrons. The van der Waals surface area contributed by atoms with E-state index in [9.17, 15) is 28.8 Å². The smallest absolute Gasteiger partial charge is 0.410 e. The van der Waals surface area contributed by atoms with Crippen LogP contribution in [0.25, 0.3) is 0 Å². The normalized spacial score (nSPS) is 41.9. The van der Waals surface area contributed by atoms with Gasteiger partial charge in [0.2, 0.25) is 0 Å². The minimum absolute atomic E-state index is 0.0152. The first-order valence-corrected chi connectivity index (χ1v) is 30.1. The van der Waals surface area contributed by atoms with Crippen LogP contribution in [-0.2, 0) is 28.5 Å². The minimum atomic E-state index is -0.852. The number of carbonyl (C=O) groups excluding carboxylic acids is 4. The molecule has 12 rings (SSSR count). The van der Waals surface area contributed by atoms with Gasteiger partial charge in [-0.3, -0.25) is 0 Å². The SMILES string of the molecule is CC12CCC(OC(=O)N3CCNCC3)CC1CCC1C2CCC2(C)C(c3ccc(=O)oc3)CCC12OC(=O)/C=C\C(=O)OC12CCC(c3ccc(=O)oc3)C1(C)CCC1C2CCC2CC(OC(=O)N3CCNCC3)CCC21C. The van der Waals surface area contributed by atoms with Crippen LogP contribution in [-0.4, -0.2) is 110 Å². The number of rotatable bonds is 8. The summed E-state index contributed by atoms with van der Waals surface area (Å²) in [6.07, 6.45) is 20.3. The average molecular weight is 1080 g/mol. The molecule has 16 atom stereocenters. The molecule has 0 spiro atoms. The second-order valence-corrected chi connectivity index (χ2v) is 26.8. The Hall–Kier alpha value is -4.96. The Bertz CT molecular complexity index is 2540. The summed E-state index contributed by atoms with van der Waals surface area (Å²) in [6.45, 7) is 15.1. The van der Waals surface area contributed by atoms with Gasteiger partial charge in [0.05, 0.1) is 12.5 Å². The summed E-state index contributed by atoms with van der Waals surface area (Å²) in [7, 11) is 0. The maximum atomic E-state index is 14.8. The van der Waals surface area contributed by atoms with Gasteiger partial charge >= 0.3 is 35.4 Å². The van der Waals surface area contributed by atoms with Gasteiger partial charge in [0.15, 0.2) is 0 Å². The fourth-order valence-electron chi connectivity index (χ4n) is 19.9. The highest BCUT2D eigenvalue weighted by Crippen LogP contribution is 2.74. The second-order valence-electron chi connectivity index (χ2n) is 26.8. The van der Waals surface area contributed by atoms with Crippen molar-refractivity contribution in [2.75, 3.05) is 52.4 Å². The van der Waals surface area contributed by atoms with E-state index in [0.29, 0.717) is 50.9 Å². The fraction of sp³-hybridized carbons (Fsp3) is 0.742. The van der Waals surface area contributed by atoms with Gasteiger partial charge in [0, 0.05) is 99.3 Å². The summed E-state index contributed by atoms with van der Waals surface area (Å²) < 4.78 is 37.5. The Labute approximate surface area is 458 Å². The number of nitrogens with one attached hydrogen (secondary N) is 2. The van der Waals surface area contributed by atoms with E-state index in [2.05, 4.69) is 38.3 Å². The third-order valence-corrected chi connectivity index (χ3v) is 24.0. The molecule has 2 aromatic rings. The zero-order valence-corrected chi connectivity index (χ0v) is 46.6. The molecule has 16 nitrogen and oxygen atoms in total. The Kier molecular flexibility index (Phi) is 14.1. The second kappa shape index (κ2) is 20.5. The number of fused-ring (bicyclic) bond motifs is 10. The average Bonchev–Trinajstić information content (AvgIpc) is 3.92. The number of hydrogen-bond donors (Lipinski definition) is 2. The van der Waals surface area contributed by atoms with Crippen LogP contribution in [0.2, 0.25) is 0 Å². The van der Waals surface area contributed by atoms with Crippen LogP contribution < -0.4 is 21.9 Å². The Morgan fingerprint density at radius 2 is 0.923 bits per heavy atom. The van der Waals surface area contributed by atoms with E-state index in [1.165, 1.54) is 24.3 Å². The highest BCUT2D eigenvalue weighted by Gasteiger charge is 2.72. The van der Waals surface area contributed by atoms with Crippen LogP contribution in [0.4, 0.5) is 9.59 Å². The van der Waals surface area contributed by atoms with Gasteiger partial charge in [-0.2, -0.15) is 0 Å². The molecular formula is C62H84N4O12. The number of amides is 2. The van der Waals surface area contributed by atoms with Gasteiger partial charge in [-0.25, -0.2) is 28.8 Å². The largest absolute Gasteiger partial charge is 0.455 e. The van der Waals surface area contributed by atoms with Gasteiger partial charge < -0.3 is 48.2 Å². The molecule has 0 aromatic carbocycles. The zero-order valence-electron chi connectivity index (χ0n) is 46.6. The van der Waals surface area contributed by atoms with E-state index in [4.69, 9.17) is 27.8 Å². The van der Waals surface area contributed by atoms with E-state index in [1.807, 2.05) is 21.9 Å². The van der Waals surface area contributed by atoms with Crippen molar-refractivity contribution < 1.29 is 47.0 Å². The van der Waals surface area contributed by atoms with Crippen molar-refractivity contribution >= 4 is 24.1 Å². The quantitative estimate of drug-likeness (QED) is 0.144. The predicted octanol–water partition coefficient (Wildman–Crippen LogP) is 9.25. The molecule has 2 N–H and O–H groups in total. The summed E-state index contributed by atoms with van der Waals surface area (Å²) in [5.74, 6) is 0.247. The van der Waals surface area contributed by atoms with Crippen LogP contribution in [0.1, 0.15) is 166 Å². The van der Waals surface area contributed by atoms with Crippen LogP contribution in [0.5, 0.6) is 0 Å². The third kappa shape index (κ3) is 8.89. The lowest BCUT2D eigenvalue weighted by Crippen LogP contribution is -2.63. The lowest BCUT2D eigenvalue weighted by Gasteiger charge is -2.64. The van der Waals surface area contributed by atoms with Gasteiger partial charge in [0.1, 0.15) is 23.4 Å². The molecule has 10 fully saturated rings. The summed E-state index contributed by atoms with van der Waals surface area (Å²) in [6, 6.07) is 6.71. The van der Waals surface area contributed by atoms with E-state index >= 15 is 0 Å². The summed E-state index contributed by atoms with van der Waals surface area (Å²) in [4.78, 5) is 84.3. The first kappa shape index (κ1) is 53.7. The zero-order chi connectivity index (χ0) is 54.2. The van der Waals surface area contributed by atoms with Crippen LogP contribution in [0.3, 0.4) is 0 Å². The summed E-state index contributed by atoms with van der Waals surface area (Å²) in [5.41, 5.74) is -1.68. The topological polar surface area (TPSA) is 196 Å². The highest BCUT2D eigenvalue weighted by molar-refractivity contribution is 5.92. The Balaban J connectivity index is 0.794. The van der Waals surface area contributed by atoms with Crippen LogP contribution >= 0.6 is 0 Å². The standard InChI is InChI=1S/C62H84N4O12/c1-57-21-15-43(75-55(71)65-31-27-63-28-32-65)35-41(57)7-9-49-47(57)17-23-59(3)45(39-5-11-51(67)73-37-39)19-25-61(49,59)77-53(69)13-14-54(70)78-62-26-20-46(40-6-12-52(68)74-38-40)60(62,4)24-18-48-50(62)10-8-42-36-44(16-22-58(42,48)2)76-56(72)66-33-29-64-30-34-66/h5-6,11-14,37-38,41-50,63-64H,7-10,15-36H2,1-4H3/b14-13-. The predicted molar refractivity (Wildman–Crippen MR) is 288 cm³/mol. The Morgan fingerprint density at radius 3 is 1.31 bits per heavy atom. The van der Waals surface area contributed by atoms with Crippen molar-refractivity contribution in [2.45, 2.75) is 179 Å². The molecule has 2 saturated heterocycles. The maximum Gasteiger partial charge on any atom is 0.410 e. The first-order valence-electron chi connectivity index (χ1n) is 30.1. The summed E-state index contributed by atoms with van der Waals surface area (Å²) >= 11 is 0. The number of ether oxygens (including phenoxy) is 4. The van der Waals surface area contributed by atoms with Crippen LogP contribution in [0, 0.1) is 57.2 Å². The van der Waals surface area contributed by atoms with Crippen molar-refractivity contribution in [3.8, 4) is 0 Å². The number of piperazine rings is 2. The molecule has 16 unspecified atom stereocenters. The van der Waals surface area contributed by atoms with E-state index in [1.54, 1.807) is 12.5 Å². The number of carbonyl (C=O) groups is 4. The van der Waals surface area contributed by atoms with E-state index in [0.717, 1.165) is 140 Å². The van der Waals surface area contributed by atoms with Crippen molar-refractivity contribution in [1.82, 2.24) is 20.4 Å². The molecule has 10 aliphatic rings. The van der Waals surface area contributed by atoms with E-state index < -0.39 is 45.2 Å². The highest BCUT2D eigenvalue weighted by atomic mass is 16.6. The van der Waals surface area contributed by atoms with Gasteiger partial charge in [-0.15, -0.1) is 0 Å². The molecular weight excluding hydrogens is 993 g/mol. The van der Waals surface area contributed by atoms with Crippen molar-refractivity contribution in [1.29, 1.82) is 0 Å². The van der Waals surface area contributed by atoms with Crippen molar-refractivity contribution in [2.24, 2.45) is 57.2 Å². The minimum Gasteiger partial charge on any atom is -0.455 e. The third-order valence-electron chi connectivity index (χ3n) is 24.0. The molecule has 8 aliphatic carbocycles. The lowest BCUT2D eigenvalue weighted by molar-refractivity contribution is -0.226.